The molecule has 0 radical (unpaired) electrons. The lowest BCUT2D eigenvalue weighted by atomic mass is 9.81. The lowest BCUT2D eigenvalue weighted by Gasteiger charge is -2.32. The number of hydrogen-bond acceptors (Lipinski definition) is 11. The Morgan fingerprint density at radius 3 is 1.26 bits per heavy atom. The van der Waals surface area contributed by atoms with Gasteiger partial charge < -0.3 is 24.0 Å². The molecule has 8 aromatic rings. The maximum absolute atomic E-state index is 15.4. The number of hydrogen-bond donors (Lipinski definition) is 0. The Bertz CT molecular complexity index is 4010. The molecule has 0 bridgehead atoms. The Morgan fingerprint density at radius 1 is 0.439 bits per heavy atom. The molecule has 8 aromatic carbocycles. The Kier molecular flexibility index (Phi) is 13.8. The van der Waals surface area contributed by atoms with Crippen molar-refractivity contribution in [1.82, 2.24) is 9.80 Å². The highest BCUT2D eigenvalue weighted by Crippen LogP contribution is 2.49. The Morgan fingerprint density at radius 2 is 0.817 bits per heavy atom. The summed E-state index contributed by atoms with van der Waals surface area (Å²) in [6.45, 7) is 1.63. The normalized spacial score (nSPS) is 21.3. The van der Waals surface area contributed by atoms with E-state index < -0.39 is 43.0 Å². The van der Waals surface area contributed by atoms with Crippen LogP contribution in [0.15, 0.2) is 232 Å². The van der Waals surface area contributed by atoms with Gasteiger partial charge in [0.15, 0.2) is 43.0 Å². The molecule has 0 spiro atoms. The van der Waals surface area contributed by atoms with Crippen molar-refractivity contribution < 1.29 is 40.6 Å². The van der Waals surface area contributed by atoms with Crippen molar-refractivity contribution in [3.05, 3.63) is 262 Å². The SMILES string of the molecule is O=C1N(CCS(=O)(=O)c2ccccc2)Cc2ccccc2[C@@H]2OC(c3ccc(-c4ccc(S(=O)(=O)CCN5Cc6ccccc6[C@@H]6OC(c7ccc(C8COC8)cc7)=N[C@]6(Cc6ccccc6)C5=O)cc4)cc3)=N[C@]12Cc1ccccc1. The fourth-order valence-electron chi connectivity index (χ4n) is 12.0. The van der Waals surface area contributed by atoms with Crippen molar-refractivity contribution in [2.75, 3.05) is 37.8 Å². The first-order valence-corrected chi connectivity index (χ1v) is 30.9. The summed E-state index contributed by atoms with van der Waals surface area (Å²) in [5.41, 5.74) is 6.39. The molecule has 1 saturated heterocycles. The van der Waals surface area contributed by atoms with E-state index in [1.54, 1.807) is 64.4 Å². The van der Waals surface area contributed by atoms with E-state index in [-0.39, 0.29) is 78.0 Å². The van der Waals surface area contributed by atoms with Gasteiger partial charge >= 0.3 is 0 Å². The molecular weight excluding hydrogens is 1070 g/mol. The summed E-state index contributed by atoms with van der Waals surface area (Å²) in [7, 11) is -7.63. The van der Waals surface area contributed by atoms with Crippen LogP contribution in [0.1, 0.15) is 68.2 Å². The molecule has 412 valence electrons. The number of sulfone groups is 2. The van der Waals surface area contributed by atoms with Crippen LogP contribution < -0.4 is 0 Å². The number of rotatable bonds is 16. The van der Waals surface area contributed by atoms with Gasteiger partial charge in [-0.1, -0.05) is 164 Å². The average Bonchev–Trinajstić information content (AvgIpc) is 3.99. The van der Waals surface area contributed by atoms with Crippen LogP contribution in [0.4, 0.5) is 0 Å². The fourth-order valence-corrected chi connectivity index (χ4v) is 14.6. The van der Waals surface area contributed by atoms with E-state index in [0.717, 1.165) is 50.1 Å². The van der Waals surface area contributed by atoms with Crippen molar-refractivity contribution in [1.29, 1.82) is 0 Å². The van der Waals surface area contributed by atoms with E-state index in [4.69, 9.17) is 24.2 Å². The van der Waals surface area contributed by atoms with E-state index in [0.29, 0.717) is 30.6 Å². The number of amides is 2. The van der Waals surface area contributed by atoms with Gasteiger partial charge in [0, 0.05) is 67.2 Å². The monoisotopic (exact) mass is 1130 g/mol. The number of benzene rings is 8. The minimum atomic E-state index is -3.91. The minimum Gasteiger partial charge on any atom is -0.466 e. The van der Waals surface area contributed by atoms with Crippen LogP contribution >= 0.6 is 0 Å². The van der Waals surface area contributed by atoms with E-state index in [9.17, 15) is 16.8 Å². The lowest BCUT2D eigenvalue weighted by Crippen LogP contribution is -2.50. The van der Waals surface area contributed by atoms with Gasteiger partial charge in [0.05, 0.1) is 34.5 Å². The maximum Gasteiger partial charge on any atom is 0.255 e. The van der Waals surface area contributed by atoms with Gasteiger partial charge in [-0.15, -0.1) is 0 Å². The molecule has 82 heavy (non-hydrogen) atoms. The molecule has 0 aromatic heterocycles. The van der Waals surface area contributed by atoms with Gasteiger partial charge in [-0.05, 0) is 87.5 Å². The van der Waals surface area contributed by atoms with Gasteiger partial charge in [0.1, 0.15) is 0 Å². The highest BCUT2D eigenvalue weighted by Gasteiger charge is 2.58. The second-order valence-corrected chi connectivity index (χ2v) is 26.0. The van der Waals surface area contributed by atoms with Gasteiger partial charge in [0.2, 0.25) is 11.8 Å². The first-order valence-electron chi connectivity index (χ1n) is 27.6. The zero-order valence-electron chi connectivity index (χ0n) is 44.8. The summed E-state index contributed by atoms with van der Waals surface area (Å²) in [5.74, 6) is -0.225. The van der Waals surface area contributed by atoms with Crippen LogP contribution in [0.25, 0.3) is 11.1 Å². The van der Waals surface area contributed by atoms with E-state index in [1.165, 1.54) is 5.56 Å². The molecule has 13 nitrogen and oxygen atoms in total. The Labute approximate surface area is 477 Å². The third-order valence-corrected chi connectivity index (χ3v) is 20.0. The van der Waals surface area contributed by atoms with Crippen LogP contribution in [0.3, 0.4) is 0 Å². The number of carbonyl (C=O) groups excluding carboxylic acids is 2. The molecule has 0 N–H and O–H groups in total. The number of nitrogens with zero attached hydrogens (tertiary/aromatic N) is 4. The molecule has 2 amide bonds. The maximum atomic E-state index is 15.4. The van der Waals surface area contributed by atoms with Crippen LogP contribution in [0.2, 0.25) is 0 Å². The quantitative estimate of drug-likeness (QED) is 0.0917. The van der Waals surface area contributed by atoms with Crippen molar-refractivity contribution in [3.63, 3.8) is 0 Å². The van der Waals surface area contributed by atoms with Crippen molar-refractivity contribution in [2.24, 2.45) is 9.98 Å². The van der Waals surface area contributed by atoms with Crippen molar-refractivity contribution in [3.8, 4) is 11.1 Å². The molecule has 5 heterocycles. The van der Waals surface area contributed by atoms with Crippen LogP contribution in [-0.2, 0) is 69.4 Å². The van der Waals surface area contributed by atoms with Gasteiger partial charge in [-0.3, -0.25) is 9.59 Å². The summed E-state index contributed by atoms with van der Waals surface area (Å²) < 4.78 is 74.9. The molecule has 0 aliphatic carbocycles. The molecule has 13 rings (SSSR count). The Hall–Kier alpha value is -8.50. The smallest absolute Gasteiger partial charge is 0.255 e. The van der Waals surface area contributed by atoms with Gasteiger partial charge in [0.25, 0.3) is 11.8 Å². The summed E-state index contributed by atoms with van der Waals surface area (Å²) in [5, 5.41) is 0. The minimum absolute atomic E-state index is 0.0450. The van der Waals surface area contributed by atoms with Crippen LogP contribution in [0.5, 0.6) is 0 Å². The first kappa shape index (κ1) is 52.8. The van der Waals surface area contributed by atoms with Gasteiger partial charge in [-0.2, -0.15) is 0 Å². The zero-order chi connectivity index (χ0) is 56.1. The Balaban J connectivity index is 0.753. The second kappa shape index (κ2) is 21.4. The molecule has 0 unspecified atom stereocenters. The molecule has 5 aliphatic rings. The number of aliphatic imine (C=N–C) groups is 2. The summed E-state index contributed by atoms with van der Waals surface area (Å²) in [6.07, 6.45) is -1.11. The number of ether oxygens (including phenoxy) is 3. The standard InChI is InChI=1S/C67H58N4O9S2/c72-64-66(40-46-14-4-1-5-15-46)60(58-22-12-10-18-53(58)42-70(64)36-38-81(74,75)56-20-8-3-9-21-56)79-62(68-66)51-28-24-48(25-29-51)49-32-34-57(35-33-49)82(76,77)39-37-71-43-54-19-11-13-23-59(54)61-67(65(71)73,41-47-16-6-2-7-17-47)69-63(80-61)52-30-26-50(27-31-52)55-44-78-45-55/h1-35,55,60-61H,36-45H2/t60-,61-,66-,67-/m0/s1. The van der Waals surface area contributed by atoms with Crippen LogP contribution in [-0.4, -0.2) is 99.1 Å². The fraction of sp³-hybridized carbons (Fsp3) is 0.224. The predicted octanol–water partition coefficient (Wildman–Crippen LogP) is 10.1. The largest absolute Gasteiger partial charge is 0.466 e. The highest BCUT2D eigenvalue weighted by atomic mass is 32.2. The number of carbonyl (C=O) groups is 2. The third kappa shape index (κ3) is 9.90. The molecule has 5 aliphatic heterocycles. The highest BCUT2D eigenvalue weighted by molar-refractivity contribution is 7.91. The van der Waals surface area contributed by atoms with Crippen molar-refractivity contribution in [2.45, 2.75) is 64.9 Å². The van der Waals surface area contributed by atoms with E-state index >= 15 is 9.59 Å². The molecule has 0 saturated carbocycles. The van der Waals surface area contributed by atoms with Crippen LogP contribution in [0, 0.1) is 0 Å². The molecule has 15 heteroatoms. The molecular formula is C67H58N4O9S2. The average molecular weight is 1130 g/mol. The second-order valence-electron chi connectivity index (χ2n) is 21.8. The van der Waals surface area contributed by atoms with Crippen molar-refractivity contribution >= 4 is 43.3 Å². The molecule has 4 atom stereocenters. The summed E-state index contributed by atoms with van der Waals surface area (Å²) in [6, 6.07) is 65.6. The number of fused-ring (bicyclic) bond motifs is 6. The van der Waals surface area contributed by atoms with Gasteiger partial charge in [-0.25, -0.2) is 26.8 Å². The summed E-state index contributed by atoms with van der Waals surface area (Å²) in [4.78, 5) is 44.7. The predicted molar refractivity (Wildman–Crippen MR) is 313 cm³/mol. The lowest BCUT2D eigenvalue weighted by molar-refractivity contribution is -0.140. The topological polar surface area (TPSA) is 161 Å². The molecule has 1 fully saturated rings. The van der Waals surface area contributed by atoms with E-state index in [1.807, 2.05) is 146 Å². The zero-order valence-corrected chi connectivity index (χ0v) is 46.4. The first-order chi connectivity index (χ1) is 39.9. The third-order valence-electron chi connectivity index (χ3n) is 16.6. The van der Waals surface area contributed by atoms with E-state index in [2.05, 4.69) is 12.1 Å². The summed E-state index contributed by atoms with van der Waals surface area (Å²) >= 11 is 0.